The van der Waals surface area contributed by atoms with Crippen molar-refractivity contribution in [1.29, 1.82) is 0 Å². The van der Waals surface area contributed by atoms with Gasteiger partial charge in [0.25, 0.3) is 0 Å². The zero-order valence-corrected chi connectivity index (χ0v) is 6.38. The van der Waals surface area contributed by atoms with Gasteiger partial charge < -0.3 is 10.2 Å². The van der Waals surface area contributed by atoms with Crippen LogP contribution in [0.1, 0.15) is 18.6 Å². The zero-order chi connectivity index (χ0) is 9.30. The van der Waals surface area contributed by atoms with Gasteiger partial charge >= 0.3 is 0 Å². The molecule has 0 aliphatic rings. The Labute approximate surface area is 68.1 Å². The molecule has 0 spiro atoms. The molecule has 0 amide bonds. The first kappa shape index (κ1) is 8.93. The summed E-state index contributed by atoms with van der Waals surface area (Å²) in [6.45, 7) is 1.25. The van der Waals surface area contributed by atoms with Crippen LogP contribution in [0.3, 0.4) is 0 Å². The van der Waals surface area contributed by atoms with Gasteiger partial charge in [-0.2, -0.15) is 0 Å². The molecule has 1 atom stereocenters. The van der Waals surface area contributed by atoms with Crippen LogP contribution in [0, 0.1) is 11.6 Å². The van der Waals surface area contributed by atoms with E-state index in [1.54, 1.807) is 0 Å². The number of aromatic hydroxyl groups is 1. The summed E-state index contributed by atoms with van der Waals surface area (Å²) in [5.74, 6) is -2.58. The van der Waals surface area contributed by atoms with Crippen molar-refractivity contribution in [3.05, 3.63) is 29.3 Å². The Hall–Kier alpha value is -1.16. The highest BCUT2D eigenvalue weighted by atomic mass is 19.1. The summed E-state index contributed by atoms with van der Waals surface area (Å²) < 4.78 is 25.4. The van der Waals surface area contributed by atoms with Gasteiger partial charge in [0.1, 0.15) is 5.82 Å². The van der Waals surface area contributed by atoms with Crippen molar-refractivity contribution in [2.24, 2.45) is 0 Å². The highest BCUT2D eigenvalue weighted by molar-refractivity contribution is 5.36. The normalized spacial score (nSPS) is 13.0. The van der Waals surface area contributed by atoms with E-state index in [-0.39, 0.29) is 0 Å². The summed E-state index contributed by atoms with van der Waals surface area (Å²) in [5.41, 5.74) is -0.407. The van der Waals surface area contributed by atoms with E-state index in [9.17, 15) is 8.78 Å². The van der Waals surface area contributed by atoms with Crippen LogP contribution < -0.4 is 0 Å². The topological polar surface area (TPSA) is 40.5 Å². The maximum absolute atomic E-state index is 12.8. The van der Waals surface area contributed by atoms with Crippen LogP contribution in [0.2, 0.25) is 0 Å². The van der Waals surface area contributed by atoms with Gasteiger partial charge in [0.15, 0.2) is 11.6 Å². The summed E-state index contributed by atoms with van der Waals surface area (Å²) in [7, 11) is 0. The quantitative estimate of drug-likeness (QED) is 0.680. The molecule has 1 rings (SSSR count). The van der Waals surface area contributed by atoms with Gasteiger partial charge in [-0.05, 0) is 19.1 Å². The molecule has 4 heteroatoms. The molecule has 66 valence electrons. The highest BCUT2D eigenvalue weighted by Crippen LogP contribution is 2.28. The van der Waals surface area contributed by atoms with Crippen molar-refractivity contribution in [2.75, 3.05) is 0 Å². The van der Waals surface area contributed by atoms with E-state index in [1.807, 2.05) is 0 Å². The Morgan fingerprint density at radius 1 is 1.25 bits per heavy atom. The lowest BCUT2D eigenvalue weighted by molar-refractivity contribution is 0.188. The number of hydrogen-bond donors (Lipinski definition) is 2. The lowest BCUT2D eigenvalue weighted by atomic mass is 10.1. The smallest absolute Gasteiger partial charge is 0.165 e. The Bertz CT molecular complexity index is 297. The maximum Gasteiger partial charge on any atom is 0.165 e. The van der Waals surface area contributed by atoms with E-state index < -0.39 is 29.1 Å². The third kappa shape index (κ3) is 1.38. The lowest BCUT2D eigenvalue weighted by Crippen LogP contribution is -1.97. The van der Waals surface area contributed by atoms with Crippen LogP contribution in [0.25, 0.3) is 0 Å². The van der Waals surface area contributed by atoms with Gasteiger partial charge in [-0.15, -0.1) is 0 Å². The molecular weight excluding hydrogens is 166 g/mol. The monoisotopic (exact) mass is 174 g/mol. The molecule has 0 aromatic heterocycles. The summed E-state index contributed by atoms with van der Waals surface area (Å²) in [4.78, 5) is 0. The summed E-state index contributed by atoms with van der Waals surface area (Å²) >= 11 is 0. The summed E-state index contributed by atoms with van der Waals surface area (Å²) in [6.07, 6.45) is -1.22. The van der Waals surface area contributed by atoms with E-state index in [1.165, 1.54) is 6.92 Å². The minimum absolute atomic E-state index is 0.407. The first-order valence-corrected chi connectivity index (χ1v) is 3.39. The fraction of sp³-hybridized carbons (Fsp3) is 0.250. The van der Waals surface area contributed by atoms with E-state index >= 15 is 0 Å². The summed E-state index contributed by atoms with van der Waals surface area (Å²) in [6, 6.07) is 1.66. The minimum Gasteiger partial charge on any atom is -0.504 e. The van der Waals surface area contributed by atoms with Gasteiger partial charge in [-0.1, -0.05) is 0 Å². The molecule has 0 fully saturated rings. The fourth-order valence-electron chi connectivity index (χ4n) is 0.954. The van der Waals surface area contributed by atoms with Crippen molar-refractivity contribution < 1.29 is 19.0 Å². The lowest BCUT2D eigenvalue weighted by Gasteiger charge is -2.08. The molecule has 0 radical (unpaired) electrons. The van der Waals surface area contributed by atoms with Gasteiger partial charge in [0, 0.05) is 0 Å². The maximum atomic E-state index is 12.8. The van der Waals surface area contributed by atoms with Crippen molar-refractivity contribution in [2.45, 2.75) is 13.0 Å². The van der Waals surface area contributed by atoms with Crippen LogP contribution >= 0.6 is 0 Å². The predicted molar refractivity (Wildman–Crippen MR) is 38.7 cm³/mol. The number of halogens is 2. The Morgan fingerprint density at radius 2 is 1.75 bits per heavy atom. The number of benzene rings is 1. The first-order valence-electron chi connectivity index (χ1n) is 3.39. The molecule has 0 heterocycles. The fourth-order valence-corrected chi connectivity index (χ4v) is 0.954. The van der Waals surface area contributed by atoms with Crippen molar-refractivity contribution in [3.8, 4) is 5.75 Å². The number of aliphatic hydroxyl groups is 1. The molecule has 0 saturated carbocycles. The Kier molecular flexibility index (Phi) is 2.28. The largest absolute Gasteiger partial charge is 0.504 e. The second-order valence-corrected chi connectivity index (χ2v) is 2.47. The highest BCUT2D eigenvalue weighted by Gasteiger charge is 2.16. The molecule has 0 aliphatic carbocycles. The third-order valence-corrected chi connectivity index (χ3v) is 1.53. The molecule has 2 nitrogen and oxygen atoms in total. The third-order valence-electron chi connectivity index (χ3n) is 1.53. The zero-order valence-electron chi connectivity index (χ0n) is 6.38. The molecule has 0 bridgehead atoms. The van der Waals surface area contributed by atoms with E-state index in [2.05, 4.69) is 0 Å². The standard InChI is InChI=1S/C8H8F2O2/c1-4(11)7-5(9)2-3-6(10)8(7)12/h2-4,11-12H,1H3. The number of phenolic OH excluding ortho intramolecular Hbond substituents is 1. The van der Waals surface area contributed by atoms with E-state index in [4.69, 9.17) is 10.2 Å². The Balaban J connectivity index is 3.33. The van der Waals surface area contributed by atoms with Crippen LogP contribution in [-0.4, -0.2) is 10.2 Å². The van der Waals surface area contributed by atoms with Crippen LogP contribution in [0.4, 0.5) is 8.78 Å². The second-order valence-electron chi connectivity index (χ2n) is 2.47. The van der Waals surface area contributed by atoms with Gasteiger partial charge in [-0.25, -0.2) is 8.78 Å². The molecule has 1 aromatic carbocycles. The van der Waals surface area contributed by atoms with Gasteiger partial charge in [0.2, 0.25) is 0 Å². The number of aliphatic hydroxyl groups excluding tert-OH is 1. The van der Waals surface area contributed by atoms with Crippen molar-refractivity contribution >= 4 is 0 Å². The first-order chi connectivity index (χ1) is 5.54. The van der Waals surface area contributed by atoms with Crippen LogP contribution in [-0.2, 0) is 0 Å². The summed E-state index contributed by atoms with van der Waals surface area (Å²) in [5, 5.41) is 17.9. The SMILES string of the molecule is CC(O)c1c(F)ccc(F)c1O. The average molecular weight is 174 g/mol. The molecular formula is C8H8F2O2. The minimum atomic E-state index is -1.22. The van der Waals surface area contributed by atoms with Crippen LogP contribution in [0.15, 0.2) is 12.1 Å². The molecule has 1 aromatic rings. The van der Waals surface area contributed by atoms with Gasteiger partial charge in [-0.3, -0.25) is 0 Å². The van der Waals surface area contributed by atoms with Crippen molar-refractivity contribution in [1.82, 2.24) is 0 Å². The molecule has 2 N–H and O–H groups in total. The Morgan fingerprint density at radius 3 is 2.17 bits per heavy atom. The molecule has 0 aliphatic heterocycles. The predicted octanol–water partition coefficient (Wildman–Crippen LogP) is 1.72. The molecule has 0 saturated heterocycles. The molecule has 1 unspecified atom stereocenters. The van der Waals surface area contributed by atoms with E-state index in [0.717, 1.165) is 12.1 Å². The second kappa shape index (κ2) is 3.06. The average Bonchev–Trinajstić information content (AvgIpc) is 1.97. The van der Waals surface area contributed by atoms with E-state index in [0.29, 0.717) is 0 Å². The van der Waals surface area contributed by atoms with Gasteiger partial charge in [0.05, 0.1) is 11.7 Å². The number of phenols is 1. The number of hydrogen-bond acceptors (Lipinski definition) is 2. The molecule has 12 heavy (non-hydrogen) atoms. The van der Waals surface area contributed by atoms with Crippen molar-refractivity contribution in [3.63, 3.8) is 0 Å². The van der Waals surface area contributed by atoms with Crippen LogP contribution in [0.5, 0.6) is 5.75 Å². The number of rotatable bonds is 1.